The lowest BCUT2D eigenvalue weighted by Crippen LogP contribution is -2.06. The molecule has 3 aromatic heterocycles. The smallest absolute Gasteiger partial charge is 0.238 e. The highest BCUT2D eigenvalue weighted by Crippen LogP contribution is 2.35. The Kier molecular flexibility index (Phi) is 3.94. The summed E-state index contributed by atoms with van der Waals surface area (Å²) in [5.41, 5.74) is 4.24. The number of furan rings is 1. The van der Waals surface area contributed by atoms with Crippen molar-refractivity contribution in [2.24, 2.45) is 0 Å². The summed E-state index contributed by atoms with van der Waals surface area (Å²) in [6, 6.07) is 26.9. The average molecular weight is 573 g/mol. The van der Waals surface area contributed by atoms with Gasteiger partial charge in [0.25, 0.3) is 0 Å². The van der Waals surface area contributed by atoms with E-state index in [4.69, 9.17) is 30.3 Å². The van der Waals surface area contributed by atoms with Crippen LogP contribution in [-0.2, 0) is 0 Å². The third-order valence-corrected chi connectivity index (χ3v) is 7.72. The molecule has 0 N–H and O–H groups in total. The number of rotatable bonds is 4. The summed E-state index contributed by atoms with van der Waals surface area (Å²) in [4.78, 5) is 14.6. The predicted octanol–water partition coefficient (Wildman–Crippen LogP) is 9.87. The van der Waals surface area contributed by atoms with E-state index in [-0.39, 0.29) is 39.4 Å². The Labute approximate surface area is 263 Å². The van der Waals surface area contributed by atoms with E-state index >= 15 is 0 Å². The highest BCUT2D eigenvalue weighted by Gasteiger charge is 2.18. The van der Waals surface area contributed by atoms with Crippen molar-refractivity contribution in [1.82, 2.24) is 19.5 Å². The van der Waals surface area contributed by atoms with E-state index in [1.54, 1.807) is 0 Å². The van der Waals surface area contributed by atoms with Gasteiger partial charge >= 0.3 is 0 Å². The van der Waals surface area contributed by atoms with Crippen molar-refractivity contribution in [1.29, 1.82) is 0 Å². The van der Waals surface area contributed by atoms with Gasteiger partial charge in [-0.05, 0) is 47.5 Å². The van der Waals surface area contributed by atoms with Gasteiger partial charge in [0.15, 0.2) is 11.6 Å². The Hall–Kier alpha value is -6.07. The third kappa shape index (κ3) is 3.91. The molecule has 0 aliphatic rings. The first kappa shape index (κ1) is 17.8. The van der Waals surface area contributed by atoms with Crippen molar-refractivity contribution < 1.29 is 15.4 Å². The molecule has 0 amide bonds. The van der Waals surface area contributed by atoms with Gasteiger partial charge in [-0.2, -0.15) is 9.97 Å². The van der Waals surface area contributed by atoms with Crippen LogP contribution in [0.2, 0.25) is 0 Å². The molecule has 0 fully saturated rings. The number of nitrogens with zero attached hydrogens (tertiary/aromatic N) is 4. The Morgan fingerprint density at radius 2 is 1.09 bits per heavy atom. The number of hydrogen-bond donors (Lipinski definition) is 0. The minimum Gasteiger partial charge on any atom is -0.456 e. The molecule has 0 aliphatic heterocycles. The third-order valence-electron chi connectivity index (χ3n) is 7.72. The first-order chi connectivity index (χ1) is 25.1. The topological polar surface area (TPSA) is 56.7 Å². The van der Waals surface area contributed by atoms with Crippen LogP contribution in [0.3, 0.4) is 0 Å². The summed E-state index contributed by atoms with van der Waals surface area (Å²) < 4.78 is 77.0. The van der Waals surface area contributed by atoms with Gasteiger partial charge in [-0.25, -0.2) is 4.98 Å². The molecule has 206 valence electrons. The molecule has 0 atom stereocenters. The molecule has 9 rings (SSSR count). The standard InChI is InChI=1S/C39H24N4O/c1-2-11-25(12-3-1)26-13-10-14-27(23-26)37-40-38(28-21-22-32-31-17-6-9-20-35(31)44-36(32)24-28)42-39(41-37)43-33-18-7-4-15-29(33)30-16-5-8-19-34(30)43/h1-24H/i4D,5D,7D,8D,15D,16D,18D,19D. The second-order valence-corrected chi connectivity index (χ2v) is 10.3. The van der Waals surface area contributed by atoms with Gasteiger partial charge in [-0.1, -0.05) is 109 Å². The maximum atomic E-state index is 8.99. The highest BCUT2D eigenvalue weighted by atomic mass is 16.3. The monoisotopic (exact) mass is 572 g/mol. The van der Waals surface area contributed by atoms with Crippen LogP contribution in [0.1, 0.15) is 11.0 Å². The molecule has 0 saturated heterocycles. The van der Waals surface area contributed by atoms with E-state index in [2.05, 4.69) is 0 Å². The van der Waals surface area contributed by atoms with Crippen molar-refractivity contribution in [3.05, 3.63) is 145 Å². The Balaban J connectivity index is 1.39. The van der Waals surface area contributed by atoms with Crippen molar-refractivity contribution in [2.75, 3.05) is 0 Å². The van der Waals surface area contributed by atoms with Gasteiger partial charge in [-0.3, -0.25) is 4.57 Å². The molecule has 0 unspecified atom stereocenters. The van der Waals surface area contributed by atoms with Gasteiger partial charge in [0, 0.05) is 32.7 Å². The summed E-state index contributed by atoms with van der Waals surface area (Å²) in [5.74, 6) is 0.355. The second-order valence-electron chi connectivity index (χ2n) is 10.3. The summed E-state index contributed by atoms with van der Waals surface area (Å²) in [7, 11) is 0. The molecule has 0 spiro atoms. The molecular formula is C39H24N4O. The fraction of sp³-hybridized carbons (Fsp3) is 0. The zero-order valence-electron chi connectivity index (χ0n) is 30.9. The van der Waals surface area contributed by atoms with Gasteiger partial charge in [0.2, 0.25) is 5.95 Å². The van der Waals surface area contributed by atoms with Gasteiger partial charge in [-0.15, -0.1) is 0 Å². The predicted molar refractivity (Wildman–Crippen MR) is 178 cm³/mol. The van der Waals surface area contributed by atoms with Crippen LogP contribution in [-0.4, -0.2) is 19.5 Å². The van der Waals surface area contributed by atoms with Crippen molar-refractivity contribution in [3.63, 3.8) is 0 Å². The summed E-state index contributed by atoms with van der Waals surface area (Å²) in [6.07, 6.45) is 0. The second kappa shape index (κ2) is 9.75. The molecule has 9 aromatic rings. The van der Waals surface area contributed by atoms with E-state index in [9.17, 15) is 0 Å². The molecule has 44 heavy (non-hydrogen) atoms. The van der Waals surface area contributed by atoms with Crippen molar-refractivity contribution >= 4 is 43.7 Å². The van der Waals surface area contributed by atoms with Crippen molar-refractivity contribution in [2.45, 2.75) is 0 Å². The van der Waals surface area contributed by atoms with Crippen LogP contribution in [0.25, 0.3) is 83.6 Å². The van der Waals surface area contributed by atoms with Crippen LogP contribution in [0, 0.1) is 0 Å². The van der Waals surface area contributed by atoms with Crippen LogP contribution in [0.5, 0.6) is 0 Å². The normalized spacial score (nSPS) is 14.2. The first-order valence-corrected chi connectivity index (χ1v) is 14.0. The van der Waals surface area contributed by atoms with Crippen molar-refractivity contribution in [3.8, 4) is 39.9 Å². The number of fused-ring (bicyclic) bond motifs is 6. The number of hydrogen-bond acceptors (Lipinski definition) is 4. The van der Waals surface area contributed by atoms with Crippen LogP contribution in [0.15, 0.2) is 150 Å². The molecule has 0 saturated carbocycles. The van der Waals surface area contributed by atoms with E-state index in [0.717, 1.165) is 27.5 Å². The SMILES string of the molecule is [2H]c1c([2H])c([2H])c2c(c1[2H])c1c([2H])c([2H])c([2H])c([2H])c1n2-c1nc(-c2cccc(-c3ccccc3)c2)nc(-c2ccc3c(c2)oc2ccccc23)n1. The maximum absolute atomic E-state index is 8.99. The molecule has 0 bridgehead atoms. The Morgan fingerprint density at radius 3 is 1.86 bits per heavy atom. The first-order valence-electron chi connectivity index (χ1n) is 18.0. The lowest BCUT2D eigenvalue weighted by Gasteiger charge is -2.11. The molecule has 3 heterocycles. The summed E-state index contributed by atoms with van der Waals surface area (Å²) >= 11 is 0. The van der Waals surface area contributed by atoms with Gasteiger partial charge in [0.1, 0.15) is 11.2 Å². The largest absolute Gasteiger partial charge is 0.456 e. The lowest BCUT2D eigenvalue weighted by atomic mass is 10.0. The lowest BCUT2D eigenvalue weighted by molar-refractivity contribution is 0.669. The molecule has 5 nitrogen and oxygen atoms in total. The number of benzene rings is 6. The van der Waals surface area contributed by atoms with E-state index in [0.29, 0.717) is 16.7 Å². The van der Waals surface area contributed by atoms with Crippen LogP contribution >= 0.6 is 0 Å². The van der Waals surface area contributed by atoms with E-state index in [1.165, 1.54) is 4.57 Å². The van der Waals surface area contributed by atoms with Gasteiger partial charge < -0.3 is 4.42 Å². The van der Waals surface area contributed by atoms with E-state index < -0.39 is 48.3 Å². The quantitative estimate of drug-likeness (QED) is 0.211. The molecule has 0 radical (unpaired) electrons. The fourth-order valence-electron chi connectivity index (χ4n) is 5.68. The molecule has 0 aliphatic carbocycles. The van der Waals surface area contributed by atoms with Gasteiger partial charge in [0.05, 0.1) is 22.0 Å². The molecular weight excluding hydrogens is 540 g/mol. The van der Waals surface area contributed by atoms with E-state index in [1.807, 2.05) is 97.1 Å². The fourth-order valence-corrected chi connectivity index (χ4v) is 5.68. The molecule has 6 aromatic carbocycles. The highest BCUT2D eigenvalue weighted by molar-refractivity contribution is 6.09. The summed E-state index contributed by atoms with van der Waals surface area (Å²) in [5, 5.41) is 1.73. The minimum atomic E-state index is -0.530. The summed E-state index contributed by atoms with van der Waals surface area (Å²) in [6.45, 7) is 0. The minimum absolute atomic E-state index is 0.0636. The maximum Gasteiger partial charge on any atom is 0.238 e. The van der Waals surface area contributed by atoms with Crippen LogP contribution in [0.4, 0.5) is 0 Å². The van der Waals surface area contributed by atoms with Crippen LogP contribution < -0.4 is 0 Å². The zero-order valence-corrected chi connectivity index (χ0v) is 22.9. The Morgan fingerprint density at radius 1 is 0.477 bits per heavy atom. The Bertz CT molecular complexity index is 2880. The molecule has 5 heteroatoms. The average Bonchev–Trinajstić information content (AvgIpc) is 3.74. The zero-order chi connectivity index (χ0) is 36.0. The number of aromatic nitrogens is 4. The number of para-hydroxylation sites is 3.